The number of nitro groups is 1. The first-order chi connectivity index (χ1) is 8.70. The zero-order chi connectivity index (χ0) is 14.8. The number of nitrogens with zero attached hydrogens (tertiary/aromatic N) is 2. The van der Waals surface area contributed by atoms with Crippen LogP contribution in [0.5, 0.6) is 0 Å². The van der Waals surface area contributed by atoms with Gasteiger partial charge >= 0.3 is 0 Å². The van der Waals surface area contributed by atoms with E-state index in [0.29, 0.717) is 0 Å². The molecule has 0 bridgehead atoms. The van der Waals surface area contributed by atoms with Crippen molar-refractivity contribution < 1.29 is 19.2 Å². The van der Waals surface area contributed by atoms with Crippen LogP contribution in [0.1, 0.15) is 24.2 Å². The fourth-order valence-electron chi connectivity index (χ4n) is 1.40. The molecule has 0 aliphatic carbocycles. The van der Waals surface area contributed by atoms with E-state index >= 15 is 0 Å². The number of amides is 1. The molecule has 0 radical (unpaired) electrons. The molecule has 0 aromatic heterocycles. The third kappa shape index (κ3) is 3.05. The molecule has 0 unspecified atom stereocenters. The molecule has 0 saturated heterocycles. The molecule has 1 amide bonds. The topological polar surface area (TPSA) is 83.7 Å². The van der Waals surface area contributed by atoms with Gasteiger partial charge in [0.1, 0.15) is 11.4 Å². The summed E-state index contributed by atoms with van der Waals surface area (Å²) in [6.07, 6.45) is 0. The molecule has 6 nitrogen and oxygen atoms in total. The van der Waals surface area contributed by atoms with Gasteiger partial charge in [-0.3, -0.25) is 14.9 Å². The number of nitro benzene ring substituents is 1. The van der Waals surface area contributed by atoms with Crippen LogP contribution in [0.2, 0.25) is 0 Å². The van der Waals surface area contributed by atoms with Crippen molar-refractivity contribution in [3.63, 3.8) is 0 Å². The second kappa shape index (κ2) is 5.31. The van der Waals surface area contributed by atoms with Crippen molar-refractivity contribution in [1.29, 1.82) is 0 Å². The number of halogens is 1. The van der Waals surface area contributed by atoms with Crippen molar-refractivity contribution in [2.24, 2.45) is 0 Å². The maximum atomic E-state index is 13.2. The van der Waals surface area contributed by atoms with Crippen molar-refractivity contribution in [3.05, 3.63) is 39.7 Å². The standard InChI is InChI=1S/C12H15FN2O4/c1-12(2,7-16)14(3)11(17)9-6-8(13)4-5-10(9)15(18)19/h4-6,16H,7H2,1-3H3. The Balaban J connectivity index is 3.26. The Bertz CT molecular complexity index is 516. The highest BCUT2D eigenvalue weighted by atomic mass is 19.1. The highest BCUT2D eigenvalue weighted by Gasteiger charge is 2.31. The third-order valence-electron chi connectivity index (χ3n) is 2.99. The molecule has 0 fully saturated rings. The molecule has 1 N–H and O–H groups in total. The number of likely N-dealkylation sites (N-methyl/N-ethyl adjacent to an activating group) is 1. The lowest BCUT2D eigenvalue weighted by Crippen LogP contribution is -2.47. The second-order valence-electron chi connectivity index (χ2n) is 4.75. The quantitative estimate of drug-likeness (QED) is 0.665. The minimum Gasteiger partial charge on any atom is -0.394 e. The maximum absolute atomic E-state index is 13.2. The lowest BCUT2D eigenvalue weighted by Gasteiger charge is -2.33. The average molecular weight is 270 g/mol. The highest BCUT2D eigenvalue weighted by molar-refractivity contribution is 5.98. The van der Waals surface area contributed by atoms with Crippen LogP contribution in [0, 0.1) is 15.9 Å². The van der Waals surface area contributed by atoms with Gasteiger partial charge in [-0.1, -0.05) is 0 Å². The summed E-state index contributed by atoms with van der Waals surface area (Å²) in [4.78, 5) is 23.4. The van der Waals surface area contributed by atoms with E-state index in [9.17, 15) is 24.4 Å². The van der Waals surface area contributed by atoms with E-state index < -0.39 is 27.9 Å². The minimum absolute atomic E-state index is 0.321. The summed E-state index contributed by atoms with van der Waals surface area (Å²) >= 11 is 0. The van der Waals surface area contributed by atoms with Crippen LogP contribution in [-0.4, -0.2) is 40.0 Å². The molecule has 0 heterocycles. The summed E-state index contributed by atoms with van der Waals surface area (Å²) in [5.74, 6) is -1.45. The molecule has 0 saturated carbocycles. The lowest BCUT2D eigenvalue weighted by atomic mass is 10.0. The van der Waals surface area contributed by atoms with E-state index in [-0.39, 0.29) is 12.2 Å². The van der Waals surface area contributed by atoms with Crippen LogP contribution < -0.4 is 0 Å². The summed E-state index contributed by atoms with van der Waals surface area (Å²) in [5.41, 5.74) is -1.71. The first kappa shape index (κ1) is 15.0. The molecule has 104 valence electrons. The Hall–Kier alpha value is -2.02. The second-order valence-corrected chi connectivity index (χ2v) is 4.75. The Morgan fingerprint density at radius 2 is 2.11 bits per heavy atom. The van der Waals surface area contributed by atoms with Crippen molar-refractivity contribution in [3.8, 4) is 0 Å². The fourth-order valence-corrected chi connectivity index (χ4v) is 1.40. The van der Waals surface area contributed by atoms with E-state index in [4.69, 9.17) is 0 Å². The summed E-state index contributed by atoms with van der Waals surface area (Å²) in [5, 5.41) is 20.0. The van der Waals surface area contributed by atoms with Crippen LogP contribution in [0.3, 0.4) is 0 Å². The molecule has 19 heavy (non-hydrogen) atoms. The largest absolute Gasteiger partial charge is 0.394 e. The first-order valence-electron chi connectivity index (χ1n) is 5.53. The third-order valence-corrected chi connectivity index (χ3v) is 2.99. The zero-order valence-electron chi connectivity index (χ0n) is 10.9. The Kier molecular flexibility index (Phi) is 4.21. The number of rotatable bonds is 4. The van der Waals surface area contributed by atoms with Crippen LogP contribution >= 0.6 is 0 Å². The average Bonchev–Trinajstić information content (AvgIpc) is 2.36. The van der Waals surface area contributed by atoms with Crippen LogP contribution in [0.25, 0.3) is 0 Å². The monoisotopic (exact) mass is 270 g/mol. The number of aliphatic hydroxyl groups is 1. The van der Waals surface area contributed by atoms with Gasteiger partial charge in [-0.05, 0) is 26.0 Å². The van der Waals surface area contributed by atoms with Gasteiger partial charge in [-0.25, -0.2) is 4.39 Å². The molecular formula is C12H15FN2O4. The zero-order valence-corrected chi connectivity index (χ0v) is 10.9. The van der Waals surface area contributed by atoms with Gasteiger partial charge in [0, 0.05) is 13.1 Å². The predicted octanol–water partition coefficient (Wildman–Crippen LogP) is 1.58. The Labute approximate surface area is 109 Å². The number of carbonyl (C=O) groups excluding carboxylic acids is 1. The highest BCUT2D eigenvalue weighted by Crippen LogP contribution is 2.23. The smallest absolute Gasteiger partial charge is 0.282 e. The van der Waals surface area contributed by atoms with Crippen LogP contribution in [-0.2, 0) is 0 Å². The number of carbonyl (C=O) groups is 1. The van der Waals surface area contributed by atoms with Crippen LogP contribution in [0.15, 0.2) is 18.2 Å². The summed E-state index contributed by atoms with van der Waals surface area (Å²) < 4.78 is 13.2. The molecule has 7 heteroatoms. The van der Waals surface area contributed by atoms with E-state index in [1.165, 1.54) is 7.05 Å². The van der Waals surface area contributed by atoms with Gasteiger partial charge in [0.25, 0.3) is 11.6 Å². The van der Waals surface area contributed by atoms with Crippen molar-refractivity contribution in [2.45, 2.75) is 19.4 Å². The maximum Gasteiger partial charge on any atom is 0.282 e. The molecular weight excluding hydrogens is 255 g/mol. The molecule has 0 aliphatic heterocycles. The van der Waals surface area contributed by atoms with Gasteiger partial charge in [-0.2, -0.15) is 0 Å². The molecule has 0 aliphatic rings. The summed E-state index contributed by atoms with van der Waals surface area (Å²) in [6.45, 7) is 2.87. The van der Waals surface area contributed by atoms with Gasteiger partial charge in [-0.15, -0.1) is 0 Å². The summed E-state index contributed by atoms with van der Waals surface area (Å²) in [6, 6.07) is 2.69. The van der Waals surface area contributed by atoms with Crippen molar-refractivity contribution in [1.82, 2.24) is 4.90 Å². The first-order valence-corrected chi connectivity index (χ1v) is 5.53. The fraction of sp³-hybridized carbons (Fsp3) is 0.417. The number of aliphatic hydroxyl groups excluding tert-OH is 1. The lowest BCUT2D eigenvalue weighted by molar-refractivity contribution is -0.385. The summed E-state index contributed by atoms with van der Waals surface area (Å²) in [7, 11) is 1.40. The molecule has 0 atom stereocenters. The van der Waals surface area contributed by atoms with E-state index in [2.05, 4.69) is 0 Å². The van der Waals surface area contributed by atoms with Gasteiger partial charge in [0.15, 0.2) is 0 Å². The molecule has 1 aromatic carbocycles. The molecule has 1 rings (SSSR count). The van der Waals surface area contributed by atoms with Crippen LogP contribution in [0.4, 0.5) is 10.1 Å². The van der Waals surface area contributed by atoms with E-state index in [1.807, 2.05) is 0 Å². The number of hydrogen-bond donors (Lipinski definition) is 1. The predicted molar refractivity (Wildman–Crippen MR) is 66.3 cm³/mol. The molecule has 0 spiro atoms. The Morgan fingerprint density at radius 3 is 2.58 bits per heavy atom. The van der Waals surface area contributed by atoms with Crippen molar-refractivity contribution in [2.75, 3.05) is 13.7 Å². The molecule has 1 aromatic rings. The van der Waals surface area contributed by atoms with Gasteiger partial charge < -0.3 is 10.0 Å². The van der Waals surface area contributed by atoms with E-state index in [1.54, 1.807) is 13.8 Å². The normalized spacial score (nSPS) is 11.2. The minimum atomic E-state index is -0.905. The Morgan fingerprint density at radius 1 is 1.53 bits per heavy atom. The van der Waals surface area contributed by atoms with E-state index in [0.717, 1.165) is 23.1 Å². The number of benzene rings is 1. The van der Waals surface area contributed by atoms with Gasteiger partial charge in [0.2, 0.25) is 0 Å². The van der Waals surface area contributed by atoms with Gasteiger partial charge in [0.05, 0.1) is 17.1 Å². The van der Waals surface area contributed by atoms with Crippen molar-refractivity contribution >= 4 is 11.6 Å². The SMILES string of the molecule is CN(C(=O)c1cc(F)ccc1[N+](=O)[O-])C(C)(C)CO. The number of hydrogen-bond acceptors (Lipinski definition) is 4.